The molecule has 0 fully saturated rings. The minimum atomic E-state index is 0.0158. The van der Waals surface area contributed by atoms with Crippen LogP contribution in [0.25, 0.3) is 0 Å². The van der Waals surface area contributed by atoms with E-state index in [1.165, 1.54) is 0 Å². The van der Waals surface area contributed by atoms with Crippen molar-refractivity contribution in [2.45, 2.75) is 13.5 Å². The maximum atomic E-state index is 11.5. The van der Waals surface area contributed by atoms with Crippen molar-refractivity contribution in [3.63, 3.8) is 0 Å². The molecule has 0 aliphatic heterocycles. The first-order valence-corrected chi connectivity index (χ1v) is 6.21. The maximum Gasteiger partial charge on any atom is 0.250 e. The molecule has 2 rings (SSSR count). The summed E-state index contributed by atoms with van der Waals surface area (Å²) in [5.74, 6) is 0. The third-order valence-electron chi connectivity index (χ3n) is 2.83. The van der Waals surface area contributed by atoms with Gasteiger partial charge in [-0.05, 0) is 30.7 Å². The van der Waals surface area contributed by atoms with Crippen molar-refractivity contribution in [1.29, 1.82) is 0 Å². The van der Waals surface area contributed by atoms with E-state index in [-0.39, 0.29) is 5.56 Å². The summed E-state index contributed by atoms with van der Waals surface area (Å²) < 4.78 is 1.67. The van der Waals surface area contributed by atoms with Gasteiger partial charge in [-0.1, -0.05) is 23.7 Å². The van der Waals surface area contributed by atoms with E-state index in [0.29, 0.717) is 13.1 Å². The van der Waals surface area contributed by atoms with E-state index < -0.39 is 0 Å². The Morgan fingerprint density at radius 2 is 2.06 bits per heavy atom. The number of hydrogen-bond acceptors (Lipinski definition) is 2. The standard InChI is InChI=1S/C14H15ClN2O/c1-11-12(15)5-4-6-13(11)16-8-10-17-9-3-2-7-14(17)18/h2-7,9,16H,8,10H2,1H3. The average molecular weight is 263 g/mol. The highest BCUT2D eigenvalue weighted by atomic mass is 35.5. The molecule has 0 spiro atoms. The van der Waals surface area contributed by atoms with E-state index in [9.17, 15) is 4.79 Å². The molecule has 0 radical (unpaired) electrons. The first kappa shape index (κ1) is 12.7. The Hall–Kier alpha value is -1.74. The van der Waals surface area contributed by atoms with Crippen LogP contribution in [0.2, 0.25) is 5.02 Å². The number of anilines is 1. The summed E-state index contributed by atoms with van der Waals surface area (Å²) in [6, 6.07) is 10.9. The summed E-state index contributed by atoms with van der Waals surface area (Å²) in [5.41, 5.74) is 2.05. The molecule has 1 heterocycles. The van der Waals surface area contributed by atoms with Crippen LogP contribution < -0.4 is 10.9 Å². The fourth-order valence-electron chi connectivity index (χ4n) is 1.76. The Bertz CT molecular complexity index is 592. The smallest absolute Gasteiger partial charge is 0.250 e. The maximum absolute atomic E-state index is 11.5. The van der Waals surface area contributed by atoms with Gasteiger partial charge in [0.25, 0.3) is 5.56 Å². The molecule has 2 aromatic rings. The lowest BCUT2D eigenvalue weighted by Gasteiger charge is -2.11. The molecule has 0 unspecified atom stereocenters. The van der Waals surface area contributed by atoms with Gasteiger partial charge in [0.05, 0.1) is 0 Å². The van der Waals surface area contributed by atoms with Gasteiger partial charge < -0.3 is 9.88 Å². The quantitative estimate of drug-likeness (QED) is 0.919. The number of pyridine rings is 1. The molecule has 0 saturated heterocycles. The van der Waals surface area contributed by atoms with Gasteiger partial charge in [-0.25, -0.2) is 0 Å². The second kappa shape index (κ2) is 5.74. The average Bonchev–Trinajstić information content (AvgIpc) is 2.37. The molecule has 1 N–H and O–H groups in total. The van der Waals surface area contributed by atoms with Crippen molar-refractivity contribution in [2.75, 3.05) is 11.9 Å². The zero-order valence-electron chi connectivity index (χ0n) is 10.2. The van der Waals surface area contributed by atoms with Crippen LogP contribution in [0, 0.1) is 6.92 Å². The topological polar surface area (TPSA) is 34.0 Å². The van der Waals surface area contributed by atoms with Crippen molar-refractivity contribution in [3.8, 4) is 0 Å². The lowest BCUT2D eigenvalue weighted by Crippen LogP contribution is -2.22. The Morgan fingerprint density at radius 3 is 2.83 bits per heavy atom. The van der Waals surface area contributed by atoms with Gasteiger partial charge in [-0.15, -0.1) is 0 Å². The molecule has 0 aliphatic carbocycles. The summed E-state index contributed by atoms with van der Waals surface area (Å²) in [5, 5.41) is 4.03. The van der Waals surface area contributed by atoms with E-state index >= 15 is 0 Å². The number of nitrogens with one attached hydrogen (secondary N) is 1. The molecule has 4 heteroatoms. The lowest BCUT2D eigenvalue weighted by atomic mass is 10.2. The molecule has 0 amide bonds. The highest BCUT2D eigenvalue weighted by Crippen LogP contribution is 2.22. The van der Waals surface area contributed by atoms with Gasteiger partial charge in [0.15, 0.2) is 0 Å². The normalized spacial score (nSPS) is 10.3. The number of aromatic nitrogens is 1. The molecule has 0 atom stereocenters. The van der Waals surface area contributed by atoms with Gasteiger partial charge in [0, 0.05) is 36.1 Å². The van der Waals surface area contributed by atoms with Crippen molar-refractivity contribution in [2.24, 2.45) is 0 Å². The predicted octanol–water partition coefficient (Wildman–Crippen LogP) is 2.92. The van der Waals surface area contributed by atoms with Gasteiger partial charge in [0.1, 0.15) is 0 Å². The number of hydrogen-bond donors (Lipinski definition) is 1. The van der Waals surface area contributed by atoms with Crippen LogP contribution in [-0.4, -0.2) is 11.1 Å². The van der Waals surface area contributed by atoms with Crippen molar-refractivity contribution < 1.29 is 0 Å². The van der Waals surface area contributed by atoms with E-state index in [4.69, 9.17) is 11.6 Å². The largest absolute Gasteiger partial charge is 0.383 e. The molecule has 1 aromatic heterocycles. The molecule has 94 valence electrons. The summed E-state index contributed by atoms with van der Waals surface area (Å²) >= 11 is 6.04. The van der Waals surface area contributed by atoms with Crippen LogP contribution >= 0.6 is 11.6 Å². The summed E-state index contributed by atoms with van der Waals surface area (Å²) in [6.07, 6.45) is 1.79. The zero-order chi connectivity index (χ0) is 13.0. The molecule has 0 bridgehead atoms. The third-order valence-corrected chi connectivity index (χ3v) is 3.24. The lowest BCUT2D eigenvalue weighted by molar-refractivity contribution is 0.697. The second-order valence-corrected chi connectivity index (χ2v) is 4.48. The first-order valence-electron chi connectivity index (χ1n) is 5.83. The first-order chi connectivity index (χ1) is 8.68. The van der Waals surface area contributed by atoms with Crippen molar-refractivity contribution in [1.82, 2.24) is 4.57 Å². The van der Waals surface area contributed by atoms with Crippen LogP contribution in [0.3, 0.4) is 0 Å². The Labute approximate surface area is 111 Å². The Morgan fingerprint density at radius 1 is 1.22 bits per heavy atom. The number of rotatable bonds is 4. The summed E-state index contributed by atoms with van der Waals surface area (Å²) in [6.45, 7) is 3.29. The molecule has 1 aromatic carbocycles. The Balaban J connectivity index is 1.99. The summed E-state index contributed by atoms with van der Waals surface area (Å²) in [4.78, 5) is 11.5. The molecule has 0 saturated carbocycles. The molecular weight excluding hydrogens is 248 g/mol. The third kappa shape index (κ3) is 2.93. The van der Waals surface area contributed by atoms with Crippen LogP contribution in [-0.2, 0) is 6.54 Å². The highest BCUT2D eigenvalue weighted by molar-refractivity contribution is 6.31. The molecule has 3 nitrogen and oxygen atoms in total. The van der Waals surface area contributed by atoms with E-state index in [1.54, 1.807) is 22.9 Å². The van der Waals surface area contributed by atoms with Gasteiger partial charge in [-0.2, -0.15) is 0 Å². The number of benzene rings is 1. The molecular formula is C14H15ClN2O. The van der Waals surface area contributed by atoms with Crippen LogP contribution in [0.15, 0.2) is 47.4 Å². The van der Waals surface area contributed by atoms with Crippen molar-refractivity contribution in [3.05, 3.63) is 63.5 Å². The van der Waals surface area contributed by atoms with Gasteiger partial charge >= 0.3 is 0 Å². The number of halogens is 1. The monoisotopic (exact) mass is 262 g/mol. The molecule has 0 aliphatic rings. The van der Waals surface area contributed by atoms with E-state index in [2.05, 4.69) is 5.32 Å². The van der Waals surface area contributed by atoms with E-state index in [0.717, 1.165) is 16.3 Å². The fraction of sp³-hybridized carbons (Fsp3) is 0.214. The summed E-state index contributed by atoms with van der Waals surface area (Å²) in [7, 11) is 0. The van der Waals surface area contributed by atoms with Crippen LogP contribution in [0.1, 0.15) is 5.56 Å². The van der Waals surface area contributed by atoms with Gasteiger partial charge in [0.2, 0.25) is 0 Å². The minimum absolute atomic E-state index is 0.0158. The van der Waals surface area contributed by atoms with Crippen molar-refractivity contribution >= 4 is 17.3 Å². The molecule has 18 heavy (non-hydrogen) atoms. The zero-order valence-corrected chi connectivity index (χ0v) is 10.9. The van der Waals surface area contributed by atoms with Crippen LogP contribution in [0.5, 0.6) is 0 Å². The van der Waals surface area contributed by atoms with Crippen LogP contribution in [0.4, 0.5) is 5.69 Å². The minimum Gasteiger partial charge on any atom is -0.383 e. The fourth-order valence-corrected chi connectivity index (χ4v) is 1.93. The number of nitrogens with zero attached hydrogens (tertiary/aromatic N) is 1. The predicted molar refractivity (Wildman–Crippen MR) is 75.4 cm³/mol. The van der Waals surface area contributed by atoms with E-state index in [1.807, 2.05) is 31.2 Å². The SMILES string of the molecule is Cc1c(Cl)cccc1NCCn1ccccc1=O. The second-order valence-electron chi connectivity index (χ2n) is 4.07. The van der Waals surface area contributed by atoms with Gasteiger partial charge in [-0.3, -0.25) is 4.79 Å². The Kier molecular flexibility index (Phi) is 4.05. The highest BCUT2D eigenvalue weighted by Gasteiger charge is 2.01.